The highest BCUT2D eigenvalue weighted by Gasteiger charge is 2.16. The second-order valence-corrected chi connectivity index (χ2v) is 6.67. The Morgan fingerprint density at radius 1 is 1.11 bits per heavy atom. The Labute approximate surface area is 164 Å². The Kier molecular flexibility index (Phi) is 5.89. The van der Waals surface area contributed by atoms with Crippen LogP contribution in [0.2, 0.25) is 0 Å². The molecule has 1 saturated heterocycles. The number of ether oxygens (including phenoxy) is 1. The van der Waals surface area contributed by atoms with E-state index in [9.17, 15) is 0 Å². The molecule has 3 aromatic rings. The number of morpholine rings is 1. The summed E-state index contributed by atoms with van der Waals surface area (Å²) >= 11 is 0. The molecule has 1 aliphatic heterocycles. The van der Waals surface area contributed by atoms with Gasteiger partial charge in [-0.1, -0.05) is 0 Å². The van der Waals surface area contributed by atoms with Crippen molar-refractivity contribution in [3.63, 3.8) is 0 Å². The van der Waals surface area contributed by atoms with E-state index in [-0.39, 0.29) is 0 Å². The van der Waals surface area contributed by atoms with E-state index < -0.39 is 0 Å². The molecule has 1 N–H and O–H groups in total. The third kappa shape index (κ3) is 4.35. The zero-order valence-corrected chi connectivity index (χ0v) is 16.0. The Hall–Kier alpha value is -2.84. The molecular weight excluding hydrogens is 356 g/mol. The van der Waals surface area contributed by atoms with E-state index in [0.717, 1.165) is 74.1 Å². The lowest BCUT2D eigenvalue weighted by atomic mass is 10.1. The quantitative estimate of drug-likeness (QED) is 0.626. The first kappa shape index (κ1) is 18.5. The minimum atomic E-state index is 0.602. The van der Waals surface area contributed by atoms with E-state index in [1.807, 2.05) is 13.0 Å². The van der Waals surface area contributed by atoms with Crippen LogP contribution in [0, 0.1) is 6.92 Å². The number of hydrogen-bond acceptors (Lipinski definition) is 8. The topological polar surface area (TPSA) is 89.2 Å². The molecule has 4 heterocycles. The van der Waals surface area contributed by atoms with Crippen molar-refractivity contribution in [2.24, 2.45) is 0 Å². The van der Waals surface area contributed by atoms with Crippen molar-refractivity contribution >= 4 is 5.95 Å². The molecule has 1 fully saturated rings. The van der Waals surface area contributed by atoms with Crippen molar-refractivity contribution in [1.82, 2.24) is 24.8 Å². The molecule has 0 unspecified atom stereocenters. The molecule has 1 aliphatic rings. The molecular formula is C20H24N6O2. The standard InChI is InChI=1S/C20H24N6O2/c1-15-16(3-10-28-15)19-17(18-14-21-5-6-22-18)13-24-20(25-19)23-4-2-7-26-8-11-27-12-9-26/h3,5-6,10,13-14H,2,4,7-9,11-12H2,1H3,(H,23,24,25). The summed E-state index contributed by atoms with van der Waals surface area (Å²) in [5.41, 5.74) is 3.28. The first-order valence-corrected chi connectivity index (χ1v) is 9.53. The van der Waals surface area contributed by atoms with Gasteiger partial charge in [-0.05, 0) is 26.0 Å². The van der Waals surface area contributed by atoms with E-state index in [4.69, 9.17) is 14.1 Å². The largest absolute Gasteiger partial charge is 0.469 e. The number of furan rings is 1. The van der Waals surface area contributed by atoms with Crippen LogP contribution in [-0.4, -0.2) is 64.2 Å². The number of nitrogens with one attached hydrogen (secondary N) is 1. The molecule has 8 heteroatoms. The fourth-order valence-corrected chi connectivity index (χ4v) is 3.26. The van der Waals surface area contributed by atoms with Gasteiger partial charge < -0.3 is 14.5 Å². The van der Waals surface area contributed by atoms with Gasteiger partial charge in [0.15, 0.2) is 0 Å². The molecule has 0 amide bonds. The van der Waals surface area contributed by atoms with Gasteiger partial charge in [0.25, 0.3) is 0 Å². The van der Waals surface area contributed by atoms with Gasteiger partial charge in [0.1, 0.15) is 5.76 Å². The fraction of sp³-hybridized carbons (Fsp3) is 0.400. The van der Waals surface area contributed by atoms with Gasteiger partial charge >= 0.3 is 0 Å². The van der Waals surface area contributed by atoms with Crippen LogP contribution in [0.3, 0.4) is 0 Å². The first-order chi connectivity index (χ1) is 13.8. The van der Waals surface area contributed by atoms with Crippen LogP contribution >= 0.6 is 0 Å². The molecule has 0 aliphatic carbocycles. The smallest absolute Gasteiger partial charge is 0.223 e. The van der Waals surface area contributed by atoms with Gasteiger partial charge in [-0.2, -0.15) is 0 Å². The van der Waals surface area contributed by atoms with Crippen molar-refractivity contribution in [3.05, 3.63) is 42.9 Å². The van der Waals surface area contributed by atoms with Gasteiger partial charge in [-0.15, -0.1) is 0 Å². The van der Waals surface area contributed by atoms with Crippen LogP contribution in [-0.2, 0) is 4.74 Å². The molecule has 146 valence electrons. The molecule has 0 bridgehead atoms. The van der Waals surface area contributed by atoms with Crippen molar-refractivity contribution in [2.75, 3.05) is 44.7 Å². The number of rotatable bonds is 7. The van der Waals surface area contributed by atoms with Crippen molar-refractivity contribution in [1.29, 1.82) is 0 Å². The van der Waals surface area contributed by atoms with Crippen LogP contribution in [0.25, 0.3) is 22.5 Å². The first-order valence-electron chi connectivity index (χ1n) is 9.53. The van der Waals surface area contributed by atoms with Crippen LogP contribution < -0.4 is 5.32 Å². The molecule has 4 rings (SSSR count). The summed E-state index contributed by atoms with van der Waals surface area (Å²) in [4.78, 5) is 20.2. The summed E-state index contributed by atoms with van der Waals surface area (Å²) in [5.74, 6) is 1.41. The maximum atomic E-state index is 5.48. The molecule has 0 radical (unpaired) electrons. The van der Waals surface area contributed by atoms with E-state index >= 15 is 0 Å². The van der Waals surface area contributed by atoms with E-state index in [0.29, 0.717) is 5.95 Å². The summed E-state index contributed by atoms with van der Waals surface area (Å²) in [6.45, 7) is 7.45. The molecule has 0 atom stereocenters. The van der Waals surface area contributed by atoms with Crippen LogP contribution in [0.4, 0.5) is 5.95 Å². The average molecular weight is 380 g/mol. The highest BCUT2D eigenvalue weighted by Crippen LogP contribution is 2.31. The molecule has 8 nitrogen and oxygen atoms in total. The zero-order chi connectivity index (χ0) is 19.2. The second kappa shape index (κ2) is 8.90. The SMILES string of the molecule is Cc1occc1-c1nc(NCCCN2CCOCC2)ncc1-c1cnccn1. The molecule has 0 aromatic carbocycles. The van der Waals surface area contributed by atoms with E-state index in [1.54, 1.807) is 31.1 Å². The molecule has 28 heavy (non-hydrogen) atoms. The summed E-state index contributed by atoms with van der Waals surface area (Å²) < 4.78 is 10.9. The maximum absolute atomic E-state index is 5.48. The van der Waals surface area contributed by atoms with Gasteiger partial charge in [-0.25, -0.2) is 9.97 Å². The fourth-order valence-electron chi connectivity index (χ4n) is 3.26. The molecule has 3 aromatic heterocycles. The summed E-state index contributed by atoms with van der Waals surface area (Å²) in [5, 5.41) is 3.34. The maximum Gasteiger partial charge on any atom is 0.223 e. The van der Waals surface area contributed by atoms with Gasteiger partial charge in [0.2, 0.25) is 5.95 Å². The number of aromatic nitrogens is 4. The van der Waals surface area contributed by atoms with Crippen molar-refractivity contribution in [3.8, 4) is 22.5 Å². The minimum Gasteiger partial charge on any atom is -0.469 e. The Morgan fingerprint density at radius 3 is 2.75 bits per heavy atom. The highest BCUT2D eigenvalue weighted by molar-refractivity contribution is 5.79. The Morgan fingerprint density at radius 2 is 2.00 bits per heavy atom. The van der Waals surface area contributed by atoms with Crippen LogP contribution in [0.5, 0.6) is 0 Å². The highest BCUT2D eigenvalue weighted by atomic mass is 16.5. The predicted octanol–water partition coefficient (Wildman–Crippen LogP) is 2.64. The number of anilines is 1. The van der Waals surface area contributed by atoms with E-state index in [2.05, 4.69) is 25.2 Å². The lowest BCUT2D eigenvalue weighted by Crippen LogP contribution is -2.37. The van der Waals surface area contributed by atoms with Crippen LogP contribution in [0.1, 0.15) is 12.2 Å². The summed E-state index contributed by atoms with van der Waals surface area (Å²) in [7, 11) is 0. The number of hydrogen-bond donors (Lipinski definition) is 1. The minimum absolute atomic E-state index is 0.602. The molecule has 0 saturated carbocycles. The average Bonchev–Trinajstić information content (AvgIpc) is 3.18. The normalized spacial score (nSPS) is 14.9. The zero-order valence-electron chi connectivity index (χ0n) is 16.0. The van der Waals surface area contributed by atoms with Gasteiger partial charge in [-0.3, -0.25) is 14.9 Å². The van der Waals surface area contributed by atoms with E-state index in [1.165, 1.54) is 0 Å². The third-order valence-corrected chi connectivity index (χ3v) is 4.78. The van der Waals surface area contributed by atoms with Crippen molar-refractivity contribution in [2.45, 2.75) is 13.3 Å². The Bertz CT molecular complexity index is 893. The Balaban J connectivity index is 1.49. The summed E-state index contributed by atoms with van der Waals surface area (Å²) in [6, 6.07) is 1.92. The second-order valence-electron chi connectivity index (χ2n) is 6.67. The predicted molar refractivity (Wildman–Crippen MR) is 106 cm³/mol. The van der Waals surface area contributed by atoms with Crippen molar-refractivity contribution < 1.29 is 9.15 Å². The number of aryl methyl sites for hydroxylation is 1. The summed E-state index contributed by atoms with van der Waals surface area (Å²) in [6.07, 6.45) is 9.52. The van der Waals surface area contributed by atoms with Crippen LogP contribution in [0.15, 0.2) is 41.5 Å². The number of nitrogens with zero attached hydrogens (tertiary/aromatic N) is 5. The van der Waals surface area contributed by atoms with Gasteiger partial charge in [0, 0.05) is 49.4 Å². The third-order valence-electron chi connectivity index (χ3n) is 4.78. The van der Waals surface area contributed by atoms with Gasteiger partial charge in [0.05, 0.1) is 37.1 Å². The lowest BCUT2D eigenvalue weighted by Gasteiger charge is -2.26. The monoisotopic (exact) mass is 380 g/mol. The lowest BCUT2D eigenvalue weighted by molar-refractivity contribution is 0.0378. The molecule has 0 spiro atoms.